The number of non-ortho nitro benzene ring substituents is 1. The first-order valence-electron chi connectivity index (χ1n) is 8.57. The number of rotatable bonds is 8. The average Bonchev–Trinajstić information content (AvgIpc) is 3.06. The Morgan fingerprint density at radius 2 is 1.90 bits per heavy atom. The molecule has 0 spiro atoms. The number of hydrogen-bond donors (Lipinski definition) is 1. The lowest BCUT2D eigenvalue weighted by Crippen LogP contribution is -2.17. The number of nitro benzene ring substituents is 1. The lowest BCUT2D eigenvalue weighted by atomic mass is 10.1. The van der Waals surface area contributed by atoms with Gasteiger partial charge in [-0.3, -0.25) is 19.7 Å². The summed E-state index contributed by atoms with van der Waals surface area (Å²) in [4.78, 5) is 34.8. The first-order valence-corrected chi connectivity index (χ1v) is 9.56. The molecule has 0 unspecified atom stereocenters. The number of carbonyl (C=O) groups is 2. The van der Waals surface area contributed by atoms with Crippen LogP contribution in [0.4, 0.5) is 11.4 Å². The molecule has 0 radical (unpaired) electrons. The third kappa shape index (κ3) is 5.26. The van der Waals surface area contributed by atoms with Gasteiger partial charge in [-0.2, -0.15) is 0 Å². The van der Waals surface area contributed by atoms with E-state index in [0.29, 0.717) is 16.7 Å². The van der Waals surface area contributed by atoms with E-state index in [9.17, 15) is 19.7 Å². The predicted molar refractivity (Wildman–Crippen MR) is 108 cm³/mol. The van der Waals surface area contributed by atoms with E-state index in [2.05, 4.69) is 15.5 Å². The van der Waals surface area contributed by atoms with Gasteiger partial charge in [-0.25, -0.2) is 0 Å². The van der Waals surface area contributed by atoms with Gasteiger partial charge in [-0.15, -0.1) is 10.2 Å². The largest absolute Gasteiger partial charge is 0.326 e. The average molecular weight is 411 g/mol. The second kappa shape index (κ2) is 9.11. The number of anilines is 1. The van der Waals surface area contributed by atoms with Crippen molar-refractivity contribution in [2.45, 2.75) is 11.6 Å². The zero-order valence-corrected chi connectivity index (χ0v) is 16.3. The Labute approximate surface area is 170 Å². The van der Waals surface area contributed by atoms with Gasteiger partial charge in [-0.1, -0.05) is 42.1 Å². The van der Waals surface area contributed by atoms with Crippen LogP contribution in [0.5, 0.6) is 0 Å². The second-order valence-corrected chi connectivity index (χ2v) is 7.01. The van der Waals surface area contributed by atoms with E-state index in [4.69, 9.17) is 0 Å². The van der Waals surface area contributed by atoms with Crippen molar-refractivity contribution in [2.75, 3.05) is 11.1 Å². The van der Waals surface area contributed by atoms with Gasteiger partial charge in [0.05, 0.1) is 17.1 Å². The Morgan fingerprint density at radius 1 is 1.14 bits per heavy atom. The summed E-state index contributed by atoms with van der Waals surface area (Å²) in [5.74, 6) is 0.0216. The van der Waals surface area contributed by atoms with Gasteiger partial charge in [-0.05, 0) is 12.1 Å². The Kier molecular flexibility index (Phi) is 6.35. The molecule has 0 atom stereocenters. The first-order chi connectivity index (χ1) is 13.9. The molecule has 148 valence electrons. The highest BCUT2D eigenvalue weighted by Crippen LogP contribution is 2.20. The Morgan fingerprint density at radius 3 is 2.62 bits per heavy atom. The van der Waals surface area contributed by atoms with E-state index >= 15 is 0 Å². The standard InChI is InChI=1S/C19H17N5O4S/c1-23-17(11-18(26)20-14-7-3-2-4-8-14)21-22-19(23)29-12-16(25)13-6-5-9-15(10-13)24(27)28/h2-10H,11-12H2,1H3,(H,20,26). The molecule has 9 nitrogen and oxygen atoms in total. The summed E-state index contributed by atoms with van der Waals surface area (Å²) in [6.07, 6.45) is 0.0395. The van der Waals surface area contributed by atoms with Gasteiger partial charge in [0.1, 0.15) is 5.82 Å². The van der Waals surface area contributed by atoms with Crippen LogP contribution in [-0.2, 0) is 18.3 Å². The SMILES string of the molecule is Cn1c(CC(=O)Nc2ccccc2)nnc1SCC(=O)c1cccc([N+](=O)[O-])c1. The molecule has 29 heavy (non-hydrogen) atoms. The maximum Gasteiger partial charge on any atom is 0.270 e. The minimum atomic E-state index is -0.542. The van der Waals surface area contributed by atoms with E-state index in [1.165, 1.54) is 24.3 Å². The number of benzene rings is 2. The summed E-state index contributed by atoms with van der Waals surface area (Å²) < 4.78 is 1.65. The normalized spacial score (nSPS) is 10.5. The van der Waals surface area contributed by atoms with Crippen LogP contribution in [0.15, 0.2) is 59.8 Å². The monoisotopic (exact) mass is 411 g/mol. The molecule has 1 aromatic heterocycles. The minimum absolute atomic E-state index is 0.0395. The first kappa shape index (κ1) is 20.2. The van der Waals surface area contributed by atoms with Crippen LogP contribution >= 0.6 is 11.8 Å². The topological polar surface area (TPSA) is 120 Å². The Bertz CT molecular complexity index is 1050. The van der Waals surface area contributed by atoms with Crippen molar-refractivity contribution < 1.29 is 14.5 Å². The molecule has 0 fully saturated rings. The molecular weight excluding hydrogens is 394 g/mol. The third-order valence-electron chi connectivity index (χ3n) is 4.01. The summed E-state index contributed by atoms with van der Waals surface area (Å²) in [7, 11) is 1.71. The van der Waals surface area contributed by atoms with E-state index in [-0.39, 0.29) is 35.1 Å². The van der Waals surface area contributed by atoms with Gasteiger partial charge in [0.15, 0.2) is 10.9 Å². The molecule has 3 aromatic rings. The van der Waals surface area contributed by atoms with Crippen molar-refractivity contribution in [3.8, 4) is 0 Å². The molecule has 0 saturated carbocycles. The number of nitrogens with zero attached hydrogens (tertiary/aromatic N) is 4. The van der Waals surface area contributed by atoms with Crippen molar-refractivity contribution in [2.24, 2.45) is 7.05 Å². The fraction of sp³-hybridized carbons (Fsp3) is 0.158. The second-order valence-electron chi connectivity index (χ2n) is 6.07. The van der Waals surface area contributed by atoms with Gasteiger partial charge < -0.3 is 9.88 Å². The smallest absolute Gasteiger partial charge is 0.270 e. The summed E-state index contributed by atoms with van der Waals surface area (Å²) in [6.45, 7) is 0. The van der Waals surface area contributed by atoms with Crippen molar-refractivity contribution in [3.63, 3.8) is 0 Å². The lowest BCUT2D eigenvalue weighted by molar-refractivity contribution is -0.384. The van der Waals surface area contributed by atoms with Crippen LogP contribution in [0.1, 0.15) is 16.2 Å². The highest BCUT2D eigenvalue weighted by atomic mass is 32.2. The molecule has 0 aliphatic heterocycles. The number of hydrogen-bond acceptors (Lipinski definition) is 7. The number of amides is 1. The maximum absolute atomic E-state index is 12.3. The van der Waals surface area contributed by atoms with Crippen LogP contribution in [0.3, 0.4) is 0 Å². The van der Waals surface area contributed by atoms with E-state index in [1.54, 1.807) is 23.7 Å². The zero-order chi connectivity index (χ0) is 20.8. The van der Waals surface area contributed by atoms with Crippen LogP contribution in [0.25, 0.3) is 0 Å². The van der Waals surface area contributed by atoms with Gasteiger partial charge >= 0.3 is 0 Å². The van der Waals surface area contributed by atoms with E-state index < -0.39 is 4.92 Å². The fourth-order valence-corrected chi connectivity index (χ4v) is 3.33. The number of thioether (sulfide) groups is 1. The fourth-order valence-electron chi connectivity index (χ4n) is 2.50. The highest BCUT2D eigenvalue weighted by molar-refractivity contribution is 7.99. The van der Waals surface area contributed by atoms with Crippen LogP contribution < -0.4 is 5.32 Å². The number of carbonyl (C=O) groups excluding carboxylic acids is 2. The third-order valence-corrected chi connectivity index (χ3v) is 5.03. The van der Waals surface area contributed by atoms with Crippen LogP contribution in [-0.4, -0.2) is 37.1 Å². The van der Waals surface area contributed by atoms with Crippen molar-refractivity contribution in [1.29, 1.82) is 0 Å². The summed E-state index contributed by atoms with van der Waals surface area (Å²) in [5, 5.41) is 22.1. The molecule has 1 N–H and O–H groups in total. The van der Waals surface area contributed by atoms with Gasteiger partial charge in [0, 0.05) is 30.4 Å². The molecule has 0 aliphatic carbocycles. The number of para-hydroxylation sites is 1. The number of ketones is 1. The number of nitrogens with one attached hydrogen (secondary N) is 1. The predicted octanol–water partition coefficient (Wildman–Crippen LogP) is 2.88. The quantitative estimate of drug-likeness (QED) is 0.262. The van der Waals surface area contributed by atoms with Crippen molar-refractivity contribution in [3.05, 3.63) is 76.1 Å². The molecule has 1 amide bonds. The minimum Gasteiger partial charge on any atom is -0.326 e. The van der Waals surface area contributed by atoms with E-state index in [0.717, 1.165) is 11.8 Å². The molecule has 2 aromatic carbocycles. The highest BCUT2D eigenvalue weighted by Gasteiger charge is 2.16. The lowest BCUT2D eigenvalue weighted by Gasteiger charge is -2.05. The molecule has 0 aliphatic rings. The van der Waals surface area contributed by atoms with Gasteiger partial charge in [0.25, 0.3) is 5.69 Å². The Hall–Kier alpha value is -3.53. The summed E-state index contributed by atoms with van der Waals surface area (Å²) in [5.41, 5.74) is 0.819. The number of aromatic nitrogens is 3. The van der Waals surface area contributed by atoms with Crippen LogP contribution in [0.2, 0.25) is 0 Å². The van der Waals surface area contributed by atoms with E-state index in [1.807, 2.05) is 18.2 Å². The van der Waals surface area contributed by atoms with Crippen LogP contribution in [0, 0.1) is 10.1 Å². The maximum atomic E-state index is 12.3. The summed E-state index contributed by atoms with van der Waals surface area (Å²) in [6, 6.07) is 14.7. The molecular formula is C19H17N5O4S. The number of nitro groups is 1. The van der Waals surface area contributed by atoms with Crippen molar-refractivity contribution in [1.82, 2.24) is 14.8 Å². The molecule has 0 bridgehead atoms. The zero-order valence-electron chi connectivity index (χ0n) is 15.4. The number of Topliss-reactive ketones (excluding diaryl/α,β-unsaturated/α-hetero) is 1. The van der Waals surface area contributed by atoms with Gasteiger partial charge in [0.2, 0.25) is 5.91 Å². The molecule has 10 heteroatoms. The van der Waals surface area contributed by atoms with Crippen molar-refractivity contribution >= 4 is 34.8 Å². The molecule has 3 rings (SSSR count). The molecule has 1 heterocycles. The molecule has 0 saturated heterocycles. The Balaban J connectivity index is 1.59. The summed E-state index contributed by atoms with van der Waals surface area (Å²) >= 11 is 1.15.